The maximum Gasteiger partial charge on any atom is 0.256 e. The summed E-state index contributed by atoms with van der Waals surface area (Å²) < 4.78 is 1.92. The summed E-state index contributed by atoms with van der Waals surface area (Å²) in [5, 5.41) is 9.14. The normalized spacial score (nSPS) is 15.1. The van der Waals surface area contributed by atoms with Crippen molar-refractivity contribution >= 4 is 29.1 Å². The number of amides is 1. The van der Waals surface area contributed by atoms with E-state index >= 15 is 0 Å². The van der Waals surface area contributed by atoms with Gasteiger partial charge in [0.2, 0.25) is 5.91 Å². The van der Waals surface area contributed by atoms with Crippen LogP contribution < -0.4 is 4.90 Å². The molecule has 0 bridgehead atoms. The fourth-order valence-electron chi connectivity index (χ4n) is 3.98. The average molecular weight is 396 g/mol. The molecule has 6 nitrogen and oxygen atoms in total. The van der Waals surface area contributed by atoms with E-state index in [4.69, 9.17) is 0 Å². The van der Waals surface area contributed by atoms with E-state index in [-0.39, 0.29) is 11.9 Å². The topological polar surface area (TPSA) is 63.4 Å². The zero-order chi connectivity index (χ0) is 19.5. The second-order valence-corrected chi connectivity index (χ2v) is 8.28. The predicted octanol–water partition coefficient (Wildman–Crippen LogP) is 4.20. The molecule has 4 rings (SSSR count). The van der Waals surface area contributed by atoms with E-state index in [0.29, 0.717) is 16.7 Å². The molecule has 146 valence electrons. The molecule has 7 heteroatoms. The third kappa shape index (κ3) is 3.90. The molecule has 0 saturated heterocycles. The van der Waals surface area contributed by atoms with Gasteiger partial charge in [0.05, 0.1) is 5.75 Å². The lowest BCUT2D eigenvalue weighted by Crippen LogP contribution is -2.42. The van der Waals surface area contributed by atoms with Crippen molar-refractivity contribution in [3.63, 3.8) is 0 Å². The fourth-order valence-corrected chi connectivity index (χ4v) is 4.82. The SMILES string of the molecule is Cc1cc(C)n2c(SCC(=O)N(c3ccccc3)C3CCCCC3)nnc2n1. The van der Waals surface area contributed by atoms with Crippen LogP contribution in [0, 0.1) is 13.8 Å². The van der Waals surface area contributed by atoms with E-state index in [0.717, 1.165) is 29.9 Å². The number of aromatic nitrogens is 4. The zero-order valence-electron chi connectivity index (χ0n) is 16.3. The highest BCUT2D eigenvalue weighted by molar-refractivity contribution is 7.99. The maximum absolute atomic E-state index is 13.2. The second kappa shape index (κ2) is 8.31. The van der Waals surface area contributed by atoms with Gasteiger partial charge in [0.15, 0.2) is 5.16 Å². The van der Waals surface area contributed by atoms with Crippen molar-refractivity contribution < 1.29 is 4.79 Å². The Hall–Kier alpha value is -2.41. The molecule has 28 heavy (non-hydrogen) atoms. The molecule has 0 N–H and O–H groups in total. The van der Waals surface area contributed by atoms with Crippen molar-refractivity contribution in [2.24, 2.45) is 0 Å². The van der Waals surface area contributed by atoms with Crippen molar-refractivity contribution in [1.29, 1.82) is 0 Å². The molecule has 2 heterocycles. The molecule has 0 radical (unpaired) electrons. The average Bonchev–Trinajstić information content (AvgIpc) is 3.11. The summed E-state index contributed by atoms with van der Waals surface area (Å²) in [6, 6.07) is 12.3. The fraction of sp³-hybridized carbons (Fsp3) is 0.429. The molecule has 0 unspecified atom stereocenters. The molecule has 0 atom stereocenters. The Bertz CT molecular complexity index is 966. The number of hydrogen-bond donors (Lipinski definition) is 0. The molecule has 3 aromatic rings. The van der Waals surface area contributed by atoms with Gasteiger partial charge >= 0.3 is 0 Å². The standard InChI is InChI=1S/C21H25N5OS/c1-15-13-16(2)25-20(22-15)23-24-21(25)28-14-19(27)26(17-9-5-3-6-10-17)18-11-7-4-8-12-18/h3,5-6,9-10,13,18H,4,7-8,11-12,14H2,1-2H3. The number of nitrogens with zero attached hydrogens (tertiary/aromatic N) is 5. The lowest BCUT2D eigenvalue weighted by Gasteiger charge is -2.34. The highest BCUT2D eigenvalue weighted by Gasteiger charge is 2.27. The van der Waals surface area contributed by atoms with Crippen molar-refractivity contribution in [1.82, 2.24) is 19.6 Å². The summed E-state index contributed by atoms with van der Waals surface area (Å²) in [6.07, 6.45) is 5.78. The summed E-state index contributed by atoms with van der Waals surface area (Å²) in [5.41, 5.74) is 2.92. The van der Waals surface area contributed by atoms with Crippen molar-refractivity contribution in [3.05, 3.63) is 47.8 Å². The quantitative estimate of drug-likeness (QED) is 0.606. The number of benzene rings is 1. The molecular formula is C21H25N5OS. The maximum atomic E-state index is 13.2. The van der Waals surface area contributed by atoms with Gasteiger partial charge in [-0.3, -0.25) is 9.20 Å². The molecule has 0 aliphatic heterocycles. The number of anilines is 1. The van der Waals surface area contributed by atoms with Gasteiger partial charge in [-0.05, 0) is 44.9 Å². The Morgan fingerprint density at radius 1 is 1.14 bits per heavy atom. The van der Waals surface area contributed by atoms with Crippen LogP contribution in [-0.2, 0) is 4.79 Å². The Balaban J connectivity index is 1.55. The summed E-state index contributed by atoms with van der Waals surface area (Å²) in [6.45, 7) is 3.95. The molecule has 2 aromatic heterocycles. The number of fused-ring (bicyclic) bond motifs is 1. The van der Waals surface area contributed by atoms with Crippen LogP contribution in [0.4, 0.5) is 5.69 Å². The Labute approximate surface area is 169 Å². The van der Waals surface area contributed by atoms with Gasteiger partial charge in [-0.1, -0.05) is 49.2 Å². The van der Waals surface area contributed by atoms with E-state index in [1.807, 2.05) is 59.5 Å². The lowest BCUT2D eigenvalue weighted by atomic mass is 9.93. The minimum absolute atomic E-state index is 0.123. The van der Waals surface area contributed by atoms with Gasteiger partial charge in [-0.15, -0.1) is 10.2 Å². The van der Waals surface area contributed by atoms with Crippen LogP contribution in [0.3, 0.4) is 0 Å². The van der Waals surface area contributed by atoms with Gasteiger partial charge in [0.25, 0.3) is 5.78 Å². The number of thioether (sulfide) groups is 1. The molecule has 0 spiro atoms. The number of carbonyl (C=O) groups is 1. The third-order valence-electron chi connectivity index (χ3n) is 5.23. The second-order valence-electron chi connectivity index (χ2n) is 7.34. The monoisotopic (exact) mass is 395 g/mol. The van der Waals surface area contributed by atoms with Crippen LogP contribution in [-0.4, -0.2) is 37.3 Å². The summed E-state index contributed by atoms with van der Waals surface area (Å²) in [4.78, 5) is 19.7. The van der Waals surface area contributed by atoms with Crippen LogP contribution in [0.15, 0.2) is 41.6 Å². The van der Waals surface area contributed by atoms with Gasteiger partial charge in [-0.2, -0.15) is 0 Å². The zero-order valence-corrected chi connectivity index (χ0v) is 17.2. The Kier molecular flexibility index (Phi) is 5.62. The first kappa shape index (κ1) is 18.9. The molecule has 1 aliphatic carbocycles. The Morgan fingerprint density at radius 3 is 2.64 bits per heavy atom. The van der Waals surface area contributed by atoms with Crippen LogP contribution in [0.5, 0.6) is 0 Å². The summed E-state index contributed by atoms with van der Waals surface area (Å²) in [5.74, 6) is 1.04. The highest BCUT2D eigenvalue weighted by Crippen LogP contribution is 2.29. The minimum Gasteiger partial charge on any atom is -0.309 e. The largest absolute Gasteiger partial charge is 0.309 e. The Morgan fingerprint density at radius 2 is 1.89 bits per heavy atom. The molecule has 1 saturated carbocycles. The van der Waals surface area contributed by atoms with Crippen LogP contribution >= 0.6 is 11.8 Å². The number of rotatable bonds is 5. The lowest BCUT2D eigenvalue weighted by molar-refractivity contribution is -0.116. The molecular weight excluding hydrogens is 370 g/mol. The first-order chi connectivity index (χ1) is 13.6. The summed E-state index contributed by atoms with van der Waals surface area (Å²) in [7, 11) is 0. The van der Waals surface area contributed by atoms with Crippen molar-refractivity contribution in [2.45, 2.75) is 57.1 Å². The first-order valence-corrected chi connectivity index (χ1v) is 10.8. The predicted molar refractivity (Wildman–Crippen MR) is 112 cm³/mol. The number of carbonyl (C=O) groups excluding carboxylic acids is 1. The van der Waals surface area contributed by atoms with Gasteiger partial charge < -0.3 is 4.90 Å². The van der Waals surface area contributed by atoms with E-state index in [1.165, 1.54) is 31.0 Å². The van der Waals surface area contributed by atoms with Gasteiger partial charge in [-0.25, -0.2) is 4.98 Å². The van der Waals surface area contributed by atoms with Gasteiger partial charge in [0.1, 0.15) is 0 Å². The molecule has 1 aliphatic rings. The smallest absolute Gasteiger partial charge is 0.256 e. The van der Waals surface area contributed by atoms with Gasteiger partial charge in [0, 0.05) is 23.1 Å². The minimum atomic E-state index is 0.123. The highest BCUT2D eigenvalue weighted by atomic mass is 32.2. The van der Waals surface area contributed by atoms with Crippen LogP contribution in [0.25, 0.3) is 5.78 Å². The number of aryl methyl sites for hydroxylation is 2. The van der Waals surface area contributed by atoms with Crippen molar-refractivity contribution in [3.8, 4) is 0 Å². The number of hydrogen-bond acceptors (Lipinski definition) is 5. The third-order valence-corrected chi connectivity index (χ3v) is 6.14. The van der Waals surface area contributed by atoms with E-state index in [1.54, 1.807) is 0 Å². The van der Waals surface area contributed by atoms with E-state index < -0.39 is 0 Å². The van der Waals surface area contributed by atoms with Crippen molar-refractivity contribution in [2.75, 3.05) is 10.7 Å². The molecule has 1 fully saturated rings. The number of para-hydroxylation sites is 1. The summed E-state index contributed by atoms with van der Waals surface area (Å²) >= 11 is 1.43. The van der Waals surface area contributed by atoms with E-state index in [2.05, 4.69) is 15.2 Å². The molecule has 1 aromatic carbocycles. The van der Waals surface area contributed by atoms with Crippen LogP contribution in [0.1, 0.15) is 43.5 Å². The van der Waals surface area contributed by atoms with Crippen LogP contribution in [0.2, 0.25) is 0 Å². The molecule has 1 amide bonds. The first-order valence-electron chi connectivity index (χ1n) is 9.83. The van der Waals surface area contributed by atoms with E-state index in [9.17, 15) is 4.79 Å².